The minimum absolute atomic E-state index is 0.0519. The predicted molar refractivity (Wildman–Crippen MR) is 133 cm³/mol. The Morgan fingerprint density at radius 3 is 2.55 bits per heavy atom. The number of hydrogen-bond donors (Lipinski definition) is 1. The summed E-state index contributed by atoms with van der Waals surface area (Å²) >= 11 is 6.17. The van der Waals surface area contributed by atoms with Crippen molar-refractivity contribution < 1.29 is 9.53 Å². The molecule has 0 spiro atoms. The first-order valence-electron chi connectivity index (χ1n) is 11.1. The fraction of sp³-hybridized carbons (Fsp3) is 0.259. The first-order valence-corrected chi connectivity index (χ1v) is 11.5. The molecule has 1 heterocycles. The van der Waals surface area contributed by atoms with Crippen LogP contribution in [0, 0.1) is 13.8 Å². The summed E-state index contributed by atoms with van der Waals surface area (Å²) in [5, 5.41) is 3.60. The molecule has 4 rings (SSSR count). The van der Waals surface area contributed by atoms with Crippen molar-refractivity contribution in [3.8, 4) is 5.75 Å². The van der Waals surface area contributed by atoms with Gasteiger partial charge in [-0.2, -0.15) is 0 Å². The van der Waals surface area contributed by atoms with Gasteiger partial charge in [0.25, 0.3) is 0 Å². The number of fused-ring (bicyclic) bond motifs is 1. The van der Waals surface area contributed by atoms with E-state index < -0.39 is 0 Å². The molecule has 0 fully saturated rings. The fourth-order valence-electron chi connectivity index (χ4n) is 4.03. The molecule has 0 unspecified atom stereocenters. The lowest BCUT2D eigenvalue weighted by atomic mass is 10.1. The van der Waals surface area contributed by atoms with Gasteiger partial charge < -0.3 is 14.6 Å². The molecule has 4 aromatic rings. The maximum atomic E-state index is 12.4. The van der Waals surface area contributed by atoms with Gasteiger partial charge in [0, 0.05) is 18.0 Å². The molecule has 0 aliphatic carbocycles. The van der Waals surface area contributed by atoms with Crippen LogP contribution < -0.4 is 10.1 Å². The van der Waals surface area contributed by atoms with E-state index in [0.29, 0.717) is 31.1 Å². The lowest BCUT2D eigenvalue weighted by Gasteiger charge is -2.12. The number of benzene rings is 3. The molecule has 170 valence electrons. The fourth-order valence-corrected chi connectivity index (χ4v) is 4.23. The summed E-state index contributed by atoms with van der Waals surface area (Å²) in [7, 11) is 0. The van der Waals surface area contributed by atoms with Crippen molar-refractivity contribution in [3.05, 3.63) is 94.3 Å². The molecule has 3 aromatic carbocycles. The van der Waals surface area contributed by atoms with Crippen LogP contribution in [-0.2, 0) is 24.2 Å². The van der Waals surface area contributed by atoms with E-state index in [2.05, 4.69) is 48.0 Å². The average Bonchev–Trinajstić information content (AvgIpc) is 3.12. The van der Waals surface area contributed by atoms with Gasteiger partial charge >= 0.3 is 0 Å². The zero-order valence-corrected chi connectivity index (χ0v) is 19.7. The molecule has 1 aromatic heterocycles. The molecular weight excluding hydrogens is 434 g/mol. The second kappa shape index (κ2) is 10.5. The Labute approximate surface area is 199 Å². The van der Waals surface area contributed by atoms with Gasteiger partial charge in [-0.3, -0.25) is 4.79 Å². The van der Waals surface area contributed by atoms with Crippen LogP contribution in [0.2, 0.25) is 5.02 Å². The summed E-state index contributed by atoms with van der Waals surface area (Å²) in [5.74, 6) is 1.76. The second-order valence-corrected chi connectivity index (χ2v) is 8.62. The number of hydrogen-bond acceptors (Lipinski definition) is 3. The summed E-state index contributed by atoms with van der Waals surface area (Å²) < 4.78 is 8.21. The van der Waals surface area contributed by atoms with Crippen LogP contribution in [0.15, 0.2) is 66.7 Å². The van der Waals surface area contributed by atoms with E-state index >= 15 is 0 Å². The van der Waals surface area contributed by atoms with Crippen molar-refractivity contribution in [2.24, 2.45) is 0 Å². The maximum absolute atomic E-state index is 12.4. The molecular formula is C27H28ClN3O2. The summed E-state index contributed by atoms with van der Waals surface area (Å²) in [4.78, 5) is 17.2. The van der Waals surface area contributed by atoms with Gasteiger partial charge in [-0.1, -0.05) is 48.0 Å². The first kappa shape index (κ1) is 22.9. The van der Waals surface area contributed by atoms with Gasteiger partial charge in [0.2, 0.25) is 5.91 Å². The molecule has 0 aliphatic heterocycles. The number of nitrogens with zero attached hydrogens (tertiary/aromatic N) is 2. The molecule has 1 N–H and O–H groups in total. The van der Waals surface area contributed by atoms with Crippen LogP contribution in [0.5, 0.6) is 5.75 Å². The molecule has 0 bridgehead atoms. The van der Waals surface area contributed by atoms with Crippen LogP contribution in [0.1, 0.15) is 22.5 Å². The molecule has 0 atom stereocenters. The van der Waals surface area contributed by atoms with Crippen molar-refractivity contribution >= 4 is 28.5 Å². The number of para-hydroxylation sites is 2. The number of nitrogens with one attached hydrogen (secondary N) is 1. The zero-order valence-electron chi connectivity index (χ0n) is 19.0. The van der Waals surface area contributed by atoms with Gasteiger partial charge in [-0.15, -0.1) is 0 Å². The standard InChI is InChI=1S/C27H28ClN3O2/c1-19-15-20(2)17-22(16-19)33-14-13-31-25-10-6-5-9-24(25)30-26(31)11-12-29-27(32)18-21-7-3-4-8-23(21)28/h3-10,15-17H,11-14,18H2,1-2H3,(H,29,32). The Hall–Kier alpha value is -3.31. The molecule has 0 aliphatic rings. The highest BCUT2D eigenvalue weighted by molar-refractivity contribution is 6.31. The Kier molecular flexibility index (Phi) is 7.30. The van der Waals surface area contributed by atoms with E-state index in [1.807, 2.05) is 36.4 Å². The van der Waals surface area contributed by atoms with Crippen molar-refractivity contribution in [1.82, 2.24) is 14.9 Å². The van der Waals surface area contributed by atoms with Crippen molar-refractivity contribution in [3.63, 3.8) is 0 Å². The number of carbonyl (C=O) groups is 1. The number of aryl methyl sites for hydroxylation is 2. The van der Waals surface area contributed by atoms with Crippen molar-refractivity contribution in [2.45, 2.75) is 33.2 Å². The molecule has 0 radical (unpaired) electrons. The smallest absolute Gasteiger partial charge is 0.224 e. The summed E-state index contributed by atoms with van der Waals surface area (Å²) in [6.45, 7) is 5.86. The van der Waals surface area contributed by atoms with Crippen LogP contribution in [0.25, 0.3) is 11.0 Å². The van der Waals surface area contributed by atoms with E-state index in [9.17, 15) is 4.79 Å². The molecule has 6 heteroatoms. The molecule has 0 saturated heterocycles. The minimum atomic E-state index is -0.0519. The van der Waals surface area contributed by atoms with Gasteiger partial charge in [0.1, 0.15) is 18.2 Å². The first-order chi connectivity index (χ1) is 16.0. The van der Waals surface area contributed by atoms with Crippen molar-refractivity contribution in [2.75, 3.05) is 13.2 Å². The van der Waals surface area contributed by atoms with Crippen molar-refractivity contribution in [1.29, 1.82) is 0 Å². The predicted octanol–water partition coefficient (Wildman–Crippen LogP) is 5.29. The third kappa shape index (κ3) is 5.93. The summed E-state index contributed by atoms with van der Waals surface area (Å²) in [5.41, 5.74) is 5.21. The van der Waals surface area contributed by atoms with Crippen LogP contribution in [-0.4, -0.2) is 28.6 Å². The third-order valence-corrected chi connectivity index (χ3v) is 5.86. The van der Waals surface area contributed by atoms with Gasteiger partial charge in [0.05, 0.1) is 24.0 Å². The summed E-state index contributed by atoms with van der Waals surface area (Å²) in [6, 6.07) is 21.7. The number of rotatable bonds is 9. The summed E-state index contributed by atoms with van der Waals surface area (Å²) in [6.07, 6.45) is 0.895. The number of amides is 1. The Morgan fingerprint density at radius 2 is 1.76 bits per heavy atom. The van der Waals surface area contributed by atoms with E-state index in [1.54, 1.807) is 6.07 Å². The van der Waals surface area contributed by atoms with E-state index in [0.717, 1.165) is 28.2 Å². The minimum Gasteiger partial charge on any atom is -0.492 e. The van der Waals surface area contributed by atoms with Gasteiger partial charge in [-0.25, -0.2) is 4.98 Å². The Balaban J connectivity index is 1.39. The molecule has 33 heavy (non-hydrogen) atoms. The SMILES string of the molecule is Cc1cc(C)cc(OCCn2c(CCNC(=O)Cc3ccccc3Cl)nc3ccccc32)c1. The van der Waals surface area contributed by atoms with Gasteiger partial charge in [-0.05, 0) is 60.9 Å². The molecule has 0 saturated carbocycles. The van der Waals surface area contributed by atoms with E-state index in [-0.39, 0.29) is 12.3 Å². The van der Waals surface area contributed by atoms with Crippen LogP contribution >= 0.6 is 11.6 Å². The van der Waals surface area contributed by atoms with Crippen LogP contribution in [0.4, 0.5) is 0 Å². The van der Waals surface area contributed by atoms with Gasteiger partial charge in [0.15, 0.2) is 0 Å². The molecule has 5 nitrogen and oxygen atoms in total. The third-order valence-electron chi connectivity index (χ3n) is 5.49. The number of imidazole rings is 1. The lowest BCUT2D eigenvalue weighted by molar-refractivity contribution is -0.120. The Morgan fingerprint density at radius 1 is 1.03 bits per heavy atom. The number of halogens is 1. The average molecular weight is 462 g/mol. The highest BCUT2D eigenvalue weighted by Crippen LogP contribution is 2.19. The van der Waals surface area contributed by atoms with E-state index in [1.165, 1.54) is 11.1 Å². The monoisotopic (exact) mass is 461 g/mol. The number of aromatic nitrogens is 2. The number of carbonyl (C=O) groups excluding carboxylic acids is 1. The highest BCUT2D eigenvalue weighted by atomic mass is 35.5. The second-order valence-electron chi connectivity index (χ2n) is 8.21. The lowest BCUT2D eigenvalue weighted by Crippen LogP contribution is -2.28. The van der Waals surface area contributed by atoms with E-state index in [4.69, 9.17) is 21.3 Å². The number of ether oxygens (including phenoxy) is 1. The normalized spacial score (nSPS) is 11.0. The molecule has 1 amide bonds. The van der Waals surface area contributed by atoms with Crippen LogP contribution in [0.3, 0.4) is 0 Å². The largest absolute Gasteiger partial charge is 0.492 e. The topological polar surface area (TPSA) is 56.1 Å². The zero-order chi connectivity index (χ0) is 23.2. The quantitative estimate of drug-likeness (QED) is 0.368. The highest BCUT2D eigenvalue weighted by Gasteiger charge is 2.12. The maximum Gasteiger partial charge on any atom is 0.224 e. The Bertz CT molecular complexity index is 1250.